The van der Waals surface area contributed by atoms with E-state index in [9.17, 15) is 13.6 Å². The van der Waals surface area contributed by atoms with E-state index < -0.39 is 17.5 Å². The zero-order chi connectivity index (χ0) is 18.8. The molecule has 0 saturated carbocycles. The van der Waals surface area contributed by atoms with Gasteiger partial charge in [-0.3, -0.25) is 15.1 Å². The van der Waals surface area contributed by atoms with Crippen molar-refractivity contribution in [3.05, 3.63) is 71.8 Å². The second kappa shape index (κ2) is 7.04. The molecule has 0 fully saturated rings. The molecule has 134 valence electrons. The van der Waals surface area contributed by atoms with Crippen LogP contribution in [-0.2, 0) is 0 Å². The lowest BCUT2D eigenvalue weighted by molar-refractivity contribution is 0.0997. The van der Waals surface area contributed by atoms with Gasteiger partial charge in [0.2, 0.25) is 5.76 Å². The standard InChI is InChI=1S/C18H10F2N4O2S/c19-11-3-1-10(2-4-11)15-16(26-9-22-15)17(25)24-18-23-14(8-27-18)13-6-5-12(20)7-21-13/h1-9H,(H,23,24,25). The predicted octanol–water partition coefficient (Wildman–Crippen LogP) is 4.39. The third-order valence-electron chi connectivity index (χ3n) is 3.61. The minimum absolute atomic E-state index is 0.0155. The zero-order valence-corrected chi connectivity index (χ0v) is 14.3. The van der Waals surface area contributed by atoms with E-state index in [1.165, 1.54) is 47.7 Å². The van der Waals surface area contributed by atoms with Crippen LogP contribution in [-0.4, -0.2) is 20.9 Å². The van der Waals surface area contributed by atoms with Crippen molar-refractivity contribution >= 4 is 22.4 Å². The topological polar surface area (TPSA) is 80.9 Å². The first-order chi connectivity index (χ1) is 13.1. The van der Waals surface area contributed by atoms with Gasteiger partial charge in [-0.25, -0.2) is 18.7 Å². The summed E-state index contributed by atoms with van der Waals surface area (Å²) in [6.45, 7) is 0. The van der Waals surface area contributed by atoms with E-state index in [1.54, 1.807) is 5.38 Å². The summed E-state index contributed by atoms with van der Waals surface area (Å²) < 4.78 is 31.2. The lowest BCUT2D eigenvalue weighted by Crippen LogP contribution is -2.12. The Morgan fingerprint density at radius 2 is 1.78 bits per heavy atom. The number of hydrogen-bond donors (Lipinski definition) is 1. The number of thiazole rings is 1. The minimum Gasteiger partial charge on any atom is -0.438 e. The number of carbonyl (C=O) groups is 1. The smallest absolute Gasteiger partial charge is 0.295 e. The fourth-order valence-corrected chi connectivity index (χ4v) is 3.05. The maximum absolute atomic E-state index is 13.1. The van der Waals surface area contributed by atoms with Gasteiger partial charge >= 0.3 is 0 Å². The van der Waals surface area contributed by atoms with Crippen LogP contribution in [0, 0.1) is 11.6 Å². The Morgan fingerprint density at radius 3 is 2.52 bits per heavy atom. The van der Waals surface area contributed by atoms with Gasteiger partial charge in [-0.1, -0.05) is 0 Å². The first-order valence-electron chi connectivity index (χ1n) is 7.68. The van der Waals surface area contributed by atoms with Crippen molar-refractivity contribution in [3.63, 3.8) is 0 Å². The highest BCUT2D eigenvalue weighted by Gasteiger charge is 2.20. The summed E-state index contributed by atoms with van der Waals surface area (Å²) in [5, 5.41) is 4.64. The number of hydrogen-bond acceptors (Lipinski definition) is 6. The maximum Gasteiger partial charge on any atom is 0.295 e. The predicted molar refractivity (Wildman–Crippen MR) is 95.2 cm³/mol. The molecule has 0 saturated heterocycles. The molecule has 0 atom stereocenters. The summed E-state index contributed by atoms with van der Waals surface area (Å²) in [4.78, 5) is 24.7. The molecule has 6 nitrogen and oxygen atoms in total. The van der Waals surface area contributed by atoms with Gasteiger partial charge in [0, 0.05) is 10.9 Å². The Labute approximate surface area is 155 Å². The summed E-state index contributed by atoms with van der Waals surface area (Å²) in [6.07, 6.45) is 2.24. The van der Waals surface area contributed by atoms with Crippen molar-refractivity contribution < 1.29 is 18.0 Å². The van der Waals surface area contributed by atoms with Gasteiger partial charge in [-0.15, -0.1) is 11.3 Å². The monoisotopic (exact) mass is 384 g/mol. The highest BCUT2D eigenvalue weighted by molar-refractivity contribution is 7.14. The van der Waals surface area contributed by atoms with Gasteiger partial charge in [-0.2, -0.15) is 0 Å². The lowest BCUT2D eigenvalue weighted by atomic mass is 10.1. The van der Waals surface area contributed by atoms with Gasteiger partial charge in [0.25, 0.3) is 5.91 Å². The number of pyridine rings is 1. The molecule has 4 rings (SSSR count). The van der Waals surface area contributed by atoms with Gasteiger partial charge in [0.05, 0.1) is 11.9 Å². The largest absolute Gasteiger partial charge is 0.438 e. The van der Waals surface area contributed by atoms with Crippen LogP contribution in [0.1, 0.15) is 10.6 Å². The lowest BCUT2D eigenvalue weighted by Gasteiger charge is -2.02. The fourth-order valence-electron chi connectivity index (χ4n) is 2.35. The summed E-state index contributed by atoms with van der Waals surface area (Å²) >= 11 is 1.19. The molecule has 0 radical (unpaired) electrons. The van der Waals surface area contributed by atoms with Crippen molar-refractivity contribution in [1.29, 1.82) is 0 Å². The Hall–Kier alpha value is -3.46. The third-order valence-corrected chi connectivity index (χ3v) is 4.36. The van der Waals surface area contributed by atoms with Crippen LogP contribution in [0.4, 0.5) is 13.9 Å². The summed E-state index contributed by atoms with van der Waals surface area (Å²) in [5.74, 6) is -1.39. The van der Waals surface area contributed by atoms with E-state index in [0.29, 0.717) is 27.8 Å². The number of oxazole rings is 1. The minimum atomic E-state index is -0.542. The van der Waals surface area contributed by atoms with Crippen LogP contribution >= 0.6 is 11.3 Å². The van der Waals surface area contributed by atoms with Crippen molar-refractivity contribution in [3.8, 4) is 22.6 Å². The van der Waals surface area contributed by atoms with Gasteiger partial charge in [-0.05, 0) is 36.4 Å². The first-order valence-corrected chi connectivity index (χ1v) is 8.56. The molecular formula is C18H10F2N4O2S. The normalized spacial score (nSPS) is 10.7. The molecule has 1 aromatic carbocycles. The van der Waals surface area contributed by atoms with Crippen molar-refractivity contribution in [2.75, 3.05) is 5.32 Å². The van der Waals surface area contributed by atoms with Crippen LogP contribution in [0.3, 0.4) is 0 Å². The molecule has 0 spiro atoms. The molecule has 1 amide bonds. The molecule has 0 aliphatic carbocycles. The molecule has 0 unspecified atom stereocenters. The molecule has 0 aliphatic rings. The Bertz CT molecular complexity index is 1090. The first kappa shape index (κ1) is 17.0. The highest BCUT2D eigenvalue weighted by Crippen LogP contribution is 2.26. The van der Waals surface area contributed by atoms with Crippen LogP contribution in [0.25, 0.3) is 22.6 Å². The van der Waals surface area contributed by atoms with E-state index >= 15 is 0 Å². The Morgan fingerprint density at radius 1 is 1.00 bits per heavy atom. The number of halogens is 2. The van der Waals surface area contributed by atoms with Crippen molar-refractivity contribution in [2.45, 2.75) is 0 Å². The van der Waals surface area contributed by atoms with Crippen LogP contribution in [0.15, 0.2) is 58.8 Å². The molecule has 0 aliphatic heterocycles. The molecular weight excluding hydrogens is 374 g/mol. The van der Waals surface area contributed by atoms with Gasteiger partial charge in [0.1, 0.15) is 23.0 Å². The van der Waals surface area contributed by atoms with Crippen molar-refractivity contribution in [1.82, 2.24) is 15.0 Å². The molecule has 9 heteroatoms. The number of carbonyl (C=O) groups excluding carboxylic acids is 1. The third kappa shape index (κ3) is 3.58. The second-order valence-electron chi connectivity index (χ2n) is 5.39. The van der Waals surface area contributed by atoms with Crippen LogP contribution in [0.5, 0.6) is 0 Å². The number of aromatic nitrogens is 3. The van der Waals surface area contributed by atoms with Crippen LogP contribution in [0.2, 0.25) is 0 Å². The zero-order valence-electron chi connectivity index (χ0n) is 13.5. The number of benzene rings is 1. The Kier molecular flexibility index (Phi) is 4.43. The summed E-state index contributed by atoms with van der Waals surface area (Å²) in [7, 11) is 0. The van der Waals surface area contributed by atoms with Gasteiger partial charge in [0.15, 0.2) is 11.5 Å². The SMILES string of the molecule is O=C(Nc1nc(-c2ccc(F)cn2)cs1)c1ocnc1-c1ccc(F)cc1. The molecule has 3 heterocycles. The molecule has 0 bridgehead atoms. The average Bonchev–Trinajstić information content (AvgIpc) is 3.33. The van der Waals surface area contributed by atoms with Gasteiger partial charge < -0.3 is 4.42 Å². The number of nitrogens with one attached hydrogen (secondary N) is 1. The van der Waals surface area contributed by atoms with E-state index in [4.69, 9.17) is 4.42 Å². The van der Waals surface area contributed by atoms with E-state index in [1.807, 2.05) is 0 Å². The van der Waals surface area contributed by atoms with Crippen molar-refractivity contribution in [2.24, 2.45) is 0 Å². The van der Waals surface area contributed by atoms with Crippen LogP contribution < -0.4 is 5.32 Å². The maximum atomic E-state index is 13.1. The molecule has 27 heavy (non-hydrogen) atoms. The number of rotatable bonds is 4. The van der Waals surface area contributed by atoms with E-state index in [-0.39, 0.29) is 5.76 Å². The highest BCUT2D eigenvalue weighted by atomic mass is 32.1. The summed E-state index contributed by atoms with van der Waals surface area (Å²) in [5.41, 5.74) is 1.83. The second-order valence-corrected chi connectivity index (χ2v) is 6.25. The number of anilines is 1. The quantitative estimate of drug-likeness (QED) is 0.564. The van der Waals surface area contributed by atoms with E-state index in [0.717, 1.165) is 12.6 Å². The summed E-state index contributed by atoms with van der Waals surface area (Å²) in [6, 6.07) is 8.34. The Balaban J connectivity index is 1.55. The fraction of sp³-hybridized carbons (Fsp3) is 0. The number of amides is 1. The average molecular weight is 384 g/mol. The molecule has 1 N–H and O–H groups in total. The molecule has 4 aromatic rings. The van der Waals surface area contributed by atoms with E-state index in [2.05, 4.69) is 20.3 Å². The number of nitrogens with zero attached hydrogens (tertiary/aromatic N) is 3. The molecule has 3 aromatic heterocycles.